The third-order valence-corrected chi connectivity index (χ3v) is 3.07. The molecule has 3 nitrogen and oxygen atoms in total. The van der Waals surface area contributed by atoms with Crippen molar-refractivity contribution in [1.29, 1.82) is 0 Å². The van der Waals surface area contributed by atoms with Gasteiger partial charge in [0.05, 0.1) is 10.7 Å². The highest BCUT2D eigenvalue weighted by Gasteiger charge is 2.08. The normalized spacial score (nSPS) is 10.3. The first-order valence-electron chi connectivity index (χ1n) is 4.75. The molecule has 2 rings (SSSR count). The fourth-order valence-corrected chi connectivity index (χ4v) is 2.15. The van der Waals surface area contributed by atoms with Crippen LogP contribution in [0.5, 0.6) is 0 Å². The second kappa shape index (κ2) is 4.81. The number of rotatable bonds is 2. The number of hydrogen-bond acceptors (Lipinski definition) is 3. The summed E-state index contributed by atoms with van der Waals surface area (Å²) in [5.74, 6) is -0.675. The molecule has 0 saturated heterocycles. The van der Waals surface area contributed by atoms with Crippen LogP contribution >= 0.6 is 22.9 Å². The monoisotopic (exact) mass is 270 g/mol. The Hall–Kier alpha value is -1.46. The van der Waals surface area contributed by atoms with E-state index in [9.17, 15) is 9.18 Å². The molecule has 1 amide bonds. The molecule has 6 heteroatoms. The number of nitrogens with zero attached hydrogens (tertiary/aromatic N) is 1. The smallest absolute Gasteiger partial charge is 0.223 e. The van der Waals surface area contributed by atoms with Crippen LogP contribution in [-0.2, 0) is 4.79 Å². The molecule has 17 heavy (non-hydrogen) atoms. The van der Waals surface area contributed by atoms with Crippen molar-refractivity contribution in [3.05, 3.63) is 34.4 Å². The maximum absolute atomic E-state index is 13.3. The van der Waals surface area contributed by atoms with Gasteiger partial charge in [0.25, 0.3) is 0 Å². The maximum atomic E-state index is 13.3. The van der Waals surface area contributed by atoms with Crippen LogP contribution in [0.2, 0.25) is 5.02 Å². The minimum Gasteiger partial charge on any atom is -0.302 e. The molecule has 0 aliphatic heterocycles. The van der Waals surface area contributed by atoms with Gasteiger partial charge in [-0.3, -0.25) is 4.79 Å². The second-order valence-electron chi connectivity index (χ2n) is 3.35. The molecule has 0 aliphatic rings. The van der Waals surface area contributed by atoms with Gasteiger partial charge in [0, 0.05) is 17.9 Å². The number of anilines is 1. The van der Waals surface area contributed by atoms with E-state index < -0.39 is 5.82 Å². The molecule has 0 unspecified atom stereocenters. The lowest BCUT2D eigenvalue weighted by atomic mass is 10.2. The molecule has 2 aromatic rings. The van der Waals surface area contributed by atoms with E-state index in [-0.39, 0.29) is 10.9 Å². The van der Waals surface area contributed by atoms with Gasteiger partial charge in [0.2, 0.25) is 5.91 Å². The predicted octanol–water partition coefficient (Wildman–Crippen LogP) is 3.56. The quantitative estimate of drug-likeness (QED) is 0.907. The van der Waals surface area contributed by atoms with Gasteiger partial charge in [0.15, 0.2) is 5.13 Å². The maximum Gasteiger partial charge on any atom is 0.223 e. The summed E-state index contributed by atoms with van der Waals surface area (Å²) in [6, 6.07) is 4.47. The van der Waals surface area contributed by atoms with Crippen molar-refractivity contribution in [2.75, 3.05) is 5.32 Å². The van der Waals surface area contributed by atoms with E-state index in [2.05, 4.69) is 10.3 Å². The fourth-order valence-electron chi connectivity index (χ4n) is 1.27. The number of halogens is 2. The van der Waals surface area contributed by atoms with Crippen LogP contribution in [0.4, 0.5) is 9.52 Å². The summed E-state index contributed by atoms with van der Waals surface area (Å²) < 4.78 is 13.3. The highest BCUT2D eigenvalue weighted by atomic mass is 35.5. The molecule has 0 aliphatic carbocycles. The van der Waals surface area contributed by atoms with Crippen LogP contribution in [-0.4, -0.2) is 10.9 Å². The van der Waals surface area contributed by atoms with E-state index in [1.54, 1.807) is 11.4 Å². The lowest BCUT2D eigenvalue weighted by Crippen LogP contribution is -2.04. The number of hydrogen-bond donors (Lipinski definition) is 1. The fraction of sp³-hybridized carbons (Fsp3) is 0.0909. The molecular weight excluding hydrogens is 263 g/mol. The summed E-state index contributed by atoms with van der Waals surface area (Å²) in [5.41, 5.74) is 1.23. The van der Waals surface area contributed by atoms with Gasteiger partial charge < -0.3 is 5.32 Å². The molecule has 0 radical (unpaired) electrons. The van der Waals surface area contributed by atoms with Crippen LogP contribution in [0.15, 0.2) is 23.6 Å². The van der Waals surface area contributed by atoms with Gasteiger partial charge in [-0.05, 0) is 12.1 Å². The number of aromatic nitrogens is 1. The number of nitrogens with one attached hydrogen (secondary N) is 1. The van der Waals surface area contributed by atoms with Gasteiger partial charge in [0.1, 0.15) is 5.82 Å². The molecule has 1 N–H and O–H groups in total. The molecule has 1 aromatic carbocycles. The SMILES string of the molecule is CC(=O)Nc1nc(-c2ccc(Cl)c(F)c2)cs1. The van der Waals surface area contributed by atoms with Crippen molar-refractivity contribution in [3.8, 4) is 11.3 Å². The van der Waals surface area contributed by atoms with Crippen molar-refractivity contribution < 1.29 is 9.18 Å². The van der Waals surface area contributed by atoms with Gasteiger partial charge in [-0.2, -0.15) is 0 Å². The number of carbonyl (C=O) groups is 1. The summed E-state index contributed by atoms with van der Waals surface area (Å²) in [7, 11) is 0. The van der Waals surface area contributed by atoms with E-state index in [0.29, 0.717) is 16.4 Å². The number of thiazole rings is 1. The Labute approximate surface area is 106 Å². The van der Waals surface area contributed by atoms with Crippen molar-refractivity contribution >= 4 is 34.0 Å². The Morgan fingerprint density at radius 2 is 2.29 bits per heavy atom. The Bertz CT molecular complexity index is 570. The van der Waals surface area contributed by atoms with Crippen molar-refractivity contribution in [2.24, 2.45) is 0 Å². The molecular formula is C11H8ClFN2OS. The number of amides is 1. The Balaban J connectivity index is 2.30. The van der Waals surface area contributed by atoms with E-state index in [4.69, 9.17) is 11.6 Å². The van der Waals surface area contributed by atoms with Gasteiger partial charge >= 0.3 is 0 Å². The second-order valence-corrected chi connectivity index (χ2v) is 4.61. The van der Waals surface area contributed by atoms with E-state index in [1.165, 1.54) is 30.4 Å². The van der Waals surface area contributed by atoms with E-state index in [0.717, 1.165) is 0 Å². The zero-order chi connectivity index (χ0) is 12.4. The summed E-state index contributed by atoms with van der Waals surface area (Å²) in [6.45, 7) is 1.41. The van der Waals surface area contributed by atoms with Crippen molar-refractivity contribution in [3.63, 3.8) is 0 Å². The summed E-state index contributed by atoms with van der Waals surface area (Å²) in [4.78, 5) is 15.0. The Kier molecular flexibility index (Phi) is 3.40. The third-order valence-electron chi connectivity index (χ3n) is 2.00. The van der Waals surface area contributed by atoms with Crippen LogP contribution in [0.1, 0.15) is 6.92 Å². The predicted molar refractivity (Wildman–Crippen MR) is 66.8 cm³/mol. The van der Waals surface area contributed by atoms with Crippen LogP contribution < -0.4 is 5.32 Å². The average molecular weight is 271 g/mol. The lowest BCUT2D eigenvalue weighted by molar-refractivity contribution is -0.114. The zero-order valence-corrected chi connectivity index (χ0v) is 10.4. The highest BCUT2D eigenvalue weighted by molar-refractivity contribution is 7.14. The molecule has 0 spiro atoms. The Morgan fingerprint density at radius 1 is 1.53 bits per heavy atom. The summed E-state index contributed by atoms with van der Waals surface area (Å²) in [5, 5.41) is 4.88. The largest absolute Gasteiger partial charge is 0.302 e. The first-order valence-corrected chi connectivity index (χ1v) is 6.00. The van der Waals surface area contributed by atoms with E-state index in [1.807, 2.05) is 0 Å². The van der Waals surface area contributed by atoms with Crippen LogP contribution in [0.25, 0.3) is 11.3 Å². The molecule has 0 atom stereocenters. The topological polar surface area (TPSA) is 42.0 Å². The van der Waals surface area contributed by atoms with Crippen molar-refractivity contribution in [2.45, 2.75) is 6.92 Å². The first-order chi connectivity index (χ1) is 8.06. The molecule has 1 heterocycles. The molecule has 1 aromatic heterocycles. The zero-order valence-electron chi connectivity index (χ0n) is 8.83. The summed E-state index contributed by atoms with van der Waals surface area (Å²) in [6.07, 6.45) is 0. The van der Waals surface area contributed by atoms with Gasteiger partial charge in [-0.25, -0.2) is 9.37 Å². The standard InChI is InChI=1S/C11H8ClFN2OS/c1-6(16)14-11-15-10(5-17-11)7-2-3-8(12)9(13)4-7/h2-5H,1H3,(H,14,15,16). The van der Waals surface area contributed by atoms with Gasteiger partial charge in [-0.15, -0.1) is 11.3 Å². The molecule has 0 fully saturated rings. The highest BCUT2D eigenvalue weighted by Crippen LogP contribution is 2.27. The molecule has 0 saturated carbocycles. The summed E-state index contributed by atoms with van der Waals surface area (Å²) >= 11 is 6.88. The van der Waals surface area contributed by atoms with Crippen LogP contribution in [0, 0.1) is 5.82 Å². The molecule has 0 bridgehead atoms. The third kappa shape index (κ3) is 2.81. The first kappa shape index (κ1) is 12.0. The average Bonchev–Trinajstić information content (AvgIpc) is 2.69. The minimum absolute atomic E-state index is 0.0751. The number of benzene rings is 1. The minimum atomic E-state index is -0.488. The molecule has 88 valence electrons. The van der Waals surface area contributed by atoms with Crippen molar-refractivity contribution in [1.82, 2.24) is 4.98 Å². The van der Waals surface area contributed by atoms with Gasteiger partial charge in [-0.1, -0.05) is 17.7 Å². The van der Waals surface area contributed by atoms with E-state index >= 15 is 0 Å². The Morgan fingerprint density at radius 3 is 2.94 bits per heavy atom. The van der Waals surface area contributed by atoms with Crippen LogP contribution in [0.3, 0.4) is 0 Å². The number of carbonyl (C=O) groups excluding carboxylic acids is 1. The lowest BCUT2D eigenvalue weighted by Gasteiger charge is -1.98.